The van der Waals surface area contributed by atoms with Gasteiger partial charge in [0, 0.05) is 13.2 Å². The zero-order chi connectivity index (χ0) is 9.14. The van der Waals surface area contributed by atoms with Gasteiger partial charge in [0.1, 0.15) is 11.8 Å². The van der Waals surface area contributed by atoms with Gasteiger partial charge >= 0.3 is 0 Å². The van der Waals surface area contributed by atoms with E-state index in [2.05, 4.69) is 0 Å². The van der Waals surface area contributed by atoms with Crippen molar-refractivity contribution in [3.8, 4) is 11.8 Å². The number of pyridine rings is 1. The molecule has 70 valence electrons. The first kappa shape index (κ1) is 11.2. The number of nitrogens with zero attached hydrogens (tertiary/aromatic N) is 2. The lowest BCUT2D eigenvalue weighted by molar-refractivity contribution is 0.411. The third-order valence-electron chi connectivity index (χ3n) is 1.56. The van der Waals surface area contributed by atoms with Crippen molar-refractivity contribution in [1.29, 1.82) is 5.26 Å². The van der Waals surface area contributed by atoms with E-state index in [0.29, 0.717) is 5.75 Å². The summed E-state index contributed by atoms with van der Waals surface area (Å²) >= 11 is 0. The molecule has 0 amide bonds. The normalized spacial score (nSPS) is 8.38. The van der Waals surface area contributed by atoms with Crippen LogP contribution in [0.15, 0.2) is 17.1 Å². The fourth-order valence-corrected chi connectivity index (χ4v) is 0.885. The molecular weight excluding hydrogens is 172 g/mol. The smallest absolute Gasteiger partial charge is 0.272 e. The van der Waals surface area contributed by atoms with Crippen molar-refractivity contribution in [1.82, 2.24) is 4.57 Å². The van der Waals surface area contributed by atoms with Crippen molar-refractivity contribution in [2.24, 2.45) is 7.05 Å². The molecule has 5 nitrogen and oxygen atoms in total. The van der Waals surface area contributed by atoms with Crippen LogP contribution in [0.1, 0.15) is 5.56 Å². The van der Waals surface area contributed by atoms with Crippen molar-refractivity contribution in [2.45, 2.75) is 0 Å². The van der Waals surface area contributed by atoms with E-state index in [-0.39, 0.29) is 16.6 Å². The van der Waals surface area contributed by atoms with Crippen LogP contribution in [0.4, 0.5) is 0 Å². The quantitative estimate of drug-likeness (QED) is 0.583. The molecule has 0 aliphatic carbocycles. The maximum absolute atomic E-state index is 11.2. The Morgan fingerprint density at radius 2 is 2.23 bits per heavy atom. The van der Waals surface area contributed by atoms with Crippen LogP contribution in [0.25, 0.3) is 0 Å². The van der Waals surface area contributed by atoms with Gasteiger partial charge in [-0.15, -0.1) is 0 Å². The predicted octanol–water partition coefficient (Wildman–Crippen LogP) is -0.559. The molecule has 0 fully saturated rings. The number of aryl methyl sites for hydroxylation is 1. The van der Waals surface area contributed by atoms with Gasteiger partial charge < -0.3 is 14.8 Å². The lowest BCUT2D eigenvalue weighted by atomic mass is 10.3. The van der Waals surface area contributed by atoms with E-state index in [1.165, 1.54) is 11.7 Å². The number of hydrogen-bond donors (Lipinski definition) is 0. The van der Waals surface area contributed by atoms with Crippen LogP contribution in [-0.2, 0) is 7.05 Å². The first-order valence-corrected chi connectivity index (χ1v) is 3.34. The molecule has 0 aromatic carbocycles. The molecule has 0 saturated heterocycles. The second-order valence-electron chi connectivity index (χ2n) is 2.29. The van der Waals surface area contributed by atoms with Crippen molar-refractivity contribution < 1.29 is 10.2 Å². The molecule has 0 aliphatic heterocycles. The first-order valence-electron chi connectivity index (χ1n) is 3.34. The van der Waals surface area contributed by atoms with E-state index in [1.807, 2.05) is 0 Å². The number of rotatable bonds is 1. The summed E-state index contributed by atoms with van der Waals surface area (Å²) in [5.74, 6) is 0.320. The van der Waals surface area contributed by atoms with Crippen molar-refractivity contribution in [3.05, 3.63) is 28.2 Å². The van der Waals surface area contributed by atoms with Gasteiger partial charge in [0.25, 0.3) is 5.56 Å². The largest absolute Gasteiger partial charge is 0.495 e. The van der Waals surface area contributed by atoms with E-state index in [1.54, 1.807) is 25.4 Å². The van der Waals surface area contributed by atoms with Crippen LogP contribution in [0, 0.1) is 11.3 Å². The molecule has 1 heterocycles. The number of ether oxygens (including phenoxy) is 1. The molecule has 1 aromatic heterocycles. The fourth-order valence-electron chi connectivity index (χ4n) is 0.885. The average Bonchev–Trinajstić information content (AvgIpc) is 2.09. The van der Waals surface area contributed by atoms with Crippen molar-refractivity contribution in [3.63, 3.8) is 0 Å². The Kier molecular flexibility index (Phi) is 3.69. The molecule has 0 atom stereocenters. The van der Waals surface area contributed by atoms with E-state index in [9.17, 15) is 4.79 Å². The molecule has 0 aliphatic rings. The Morgan fingerprint density at radius 1 is 1.62 bits per heavy atom. The highest BCUT2D eigenvalue weighted by molar-refractivity contribution is 5.40. The Labute approximate surface area is 75.1 Å². The monoisotopic (exact) mass is 182 g/mol. The van der Waals surface area contributed by atoms with E-state index >= 15 is 0 Å². The van der Waals surface area contributed by atoms with Gasteiger partial charge in [0.2, 0.25) is 0 Å². The Balaban J connectivity index is 0.00000144. The van der Waals surface area contributed by atoms with Crippen LogP contribution in [0.3, 0.4) is 0 Å². The molecule has 2 N–H and O–H groups in total. The Hall–Kier alpha value is -1.80. The number of nitriles is 1. The summed E-state index contributed by atoms with van der Waals surface area (Å²) in [5.41, 5.74) is -0.292. The zero-order valence-corrected chi connectivity index (χ0v) is 7.37. The van der Waals surface area contributed by atoms with Crippen LogP contribution < -0.4 is 10.3 Å². The molecule has 5 heteroatoms. The summed E-state index contributed by atoms with van der Waals surface area (Å²) in [5, 5.41) is 8.61. The molecule has 13 heavy (non-hydrogen) atoms. The molecule has 0 unspecified atom stereocenters. The second kappa shape index (κ2) is 4.28. The van der Waals surface area contributed by atoms with Crippen LogP contribution in [0.2, 0.25) is 0 Å². The summed E-state index contributed by atoms with van der Waals surface area (Å²) in [6, 6.07) is 3.38. The minimum absolute atomic E-state index is 0. The maximum Gasteiger partial charge on any atom is 0.272 e. The summed E-state index contributed by atoms with van der Waals surface area (Å²) < 4.78 is 6.17. The van der Waals surface area contributed by atoms with Gasteiger partial charge in [-0.3, -0.25) is 4.79 Å². The minimum atomic E-state index is -0.336. The van der Waals surface area contributed by atoms with E-state index in [4.69, 9.17) is 10.00 Å². The van der Waals surface area contributed by atoms with E-state index < -0.39 is 0 Å². The van der Waals surface area contributed by atoms with Gasteiger partial charge in [0.05, 0.1) is 7.11 Å². The summed E-state index contributed by atoms with van der Waals surface area (Å²) in [7, 11) is 3.01. The lowest BCUT2D eigenvalue weighted by Gasteiger charge is -2.02. The molecule has 1 aromatic rings. The highest BCUT2D eigenvalue weighted by atomic mass is 16.5. The van der Waals surface area contributed by atoms with Gasteiger partial charge in [-0.2, -0.15) is 5.26 Å². The highest BCUT2D eigenvalue weighted by Gasteiger charge is 2.06. The third kappa shape index (κ3) is 1.86. The Bertz CT molecular complexity index is 389. The van der Waals surface area contributed by atoms with Crippen LogP contribution >= 0.6 is 0 Å². The Morgan fingerprint density at radius 3 is 2.69 bits per heavy atom. The number of aromatic nitrogens is 1. The number of methoxy groups -OCH3 is 1. The van der Waals surface area contributed by atoms with Crippen molar-refractivity contribution >= 4 is 0 Å². The molecule has 0 radical (unpaired) electrons. The van der Waals surface area contributed by atoms with Crippen LogP contribution in [-0.4, -0.2) is 17.2 Å². The molecule has 1 rings (SSSR count). The van der Waals surface area contributed by atoms with Crippen LogP contribution in [0.5, 0.6) is 5.75 Å². The molecule has 0 spiro atoms. The second-order valence-corrected chi connectivity index (χ2v) is 2.29. The summed E-state index contributed by atoms with van der Waals surface area (Å²) in [6.45, 7) is 0. The number of hydrogen-bond acceptors (Lipinski definition) is 3. The van der Waals surface area contributed by atoms with E-state index in [0.717, 1.165) is 0 Å². The highest BCUT2D eigenvalue weighted by Crippen LogP contribution is 2.10. The molecular formula is C8H10N2O3. The minimum Gasteiger partial charge on any atom is -0.495 e. The SMILES string of the molecule is COc1ccn(C)c(=O)c1C#N.O. The van der Waals surface area contributed by atoms with Gasteiger partial charge in [0.15, 0.2) is 5.56 Å². The summed E-state index contributed by atoms with van der Waals surface area (Å²) in [4.78, 5) is 11.2. The average molecular weight is 182 g/mol. The van der Waals surface area contributed by atoms with Gasteiger partial charge in [-0.1, -0.05) is 0 Å². The van der Waals surface area contributed by atoms with Crippen molar-refractivity contribution in [2.75, 3.05) is 7.11 Å². The van der Waals surface area contributed by atoms with Gasteiger partial charge in [-0.05, 0) is 6.07 Å². The molecule has 0 saturated carbocycles. The molecule has 0 bridgehead atoms. The fraction of sp³-hybridized carbons (Fsp3) is 0.250. The standard InChI is InChI=1S/C8H8N2O2.H2O/c1-10-4-3-7(12-2)6(5-9)8(10)11;/h3-4H,1-2H3;1H2. The predicted molar refractivity (Wildman–Crippen MR) is 46.6 cm³/mol. The van der Waals surface area contributed by atoms with Gasteiger partial charge in [-0.25, -0.2) is 0 Å². The maximum atomic E-state index is 11.2. The topological polar surface area (TPSA) is 86.5 Å². The lowest BCUT2D eigenvalue weighted by Crippen LogP contribution is -2.19. The zero-order valence-electron chi connectivity index (χ0n) is 7.37. The third-order valence-corrected chi connectivity index (χ3v) is 1.56. The summed E-state index contributed by atoms with van der Waals surface area (Å²) in [6.07, 6.45) is 1.56. The first-order chi connectivity index (χ1) is 5.70.